The molecule has 0 bridgehead atoms. The Balaban J connectivity index is 2.07. The van der Waals surface area contributed by atoms with Gasteiger partial charge in [-0.3, -0.25) is 4.79 Å². The summed E-state index contributed by atoms with van der Waals surface area (Å²) in [4.78, 5) is 15.8. The maximum absolute atomic E-state index is 13.4. The summed E-state index contributed by atoms with van der Waals surface area (Å²) in [5.74, 6) is -1.43. The number of hydrogen-bond donors (Lipinski definition) is 1. The Bertz CT molecular complexity index is 662. The molecule has 2 aromatic rings. The first kappa shape index (κ1) is 14.6. The highest BCUT2D eigenvalue weighted by atomic mass is 79.9. The van der Waals surface area contributed by atoms with Crippen LogP contribution in [0.4, 0.5) is 14.6 Å². The number of benzene rings is 1. The van der Waals surface area contributed by atoms with Crippen LogP contribution >= 0.6 is 15.9 Å². The van der Waals surface area contributed by atoms with E-state index in [0.717, 1.165) is 22.2 Å². The van der Waals surface area contributed by atoms with E-state index in [9.17, 15) is 13.6 Å². The molecule has 1 heterocycles. The van der Waals surface area contributed by atoms with Gasteiger partial charge in [-0.25, -0.2) is 13.8 Å². The molecule has 0 unspecified atom stereocenters. The molecule has 1 amide bonds. The van der Waals surface area contributed by atoms with Gasteiger partial charge >= 0.3 is 0 Å². The minimum Gasteiger partial charge on any atom is -0.310 e. The van der Waals surface area contributed by atoms with Gasteiger partial charge in [-0.2, -0.15) is 0 Å². The number of aryl methyl sites for hydroxylation is 1. The van der Waals surface area contributed by atoms with Crippen molar-refractivity contribution >= 4 is 27.7 Å². The van der Waals surface area contributed by atoms with Crippen LogP contribution in [0, 0.1) is 18.6 Å². The van der Waals surface area contributed by atoms with Crippen molar-refractivity contribution in [3.63, 3.8) is 0 Å². The van der Waals surface area contributed by atoms with Crippen molar-refractivity contribution in [3.8, 4) is 0 Å². The molecule has 0 aliphatic heterocycles. The van der Waals surface area contributed by atoms with Gasteiger partial charge in [-0.05, 0) is 46.1 Å². The Labute approximate surface area is 123 Å². The number of amides is 1. The quantitative estimate of drug-likeness (QED) is 0.927. The van der Waals surface area contributed by atoms with Crippen LogP contribution in [0.25, 0.3) is 0 Å². The summed E-state index contributed by atoms with van der Waals surface area (Å²) in [6.45, 7) is 1.86. The molecular weight excluding hydrogens is 330 g/mol. The third-order valence-corrected chi connectivity index (χ3v) is 3.51. The number of anilines is 1. The van der Waals surface area contributed by atoms with E-state index in [1.807, 2.05) is 6.92 Å². The molecule has 0 atom stereocenters. The van der Waals surface area contributed by atoms with Gasteiger partial charge < -0.3 is 5.32 Å². The summed E-state index contributed by atoms with van der Waals surface area (Å²) >= 11 is 3.31. The number of carbonyl (C=O) groups is 1. The normalized spacial score (nSPS) is 10.4. The zero-order valence-electron chi connectivity index (χ0n) is 10.6. The zero-order valence-corrected chi connectivity index (χ0v) is 12.2. The van der Waals surface area contributed by atoms with Gasteiger partial charge in [-0.15, -0.1) is 0 Å². The molecule has 0 saturated heterocycles. The molecule has 1 aromatic heterocycles. The summed E-state index contributed by atoms with van der Waals surface area (Å²) in [6, 6.07) is 4.83. The average Bonchev–Trinajstić information content (AvgIpc) is 2.37. The maximum atomic E-state index is 13.4. The fourth-order valence-corrected chi connectivity index (χ4v) is 1.85. The van der Waals surface area contributed by atoms with E-state index >= 15 is 0 Å². The molecule has 6 heteroatoms. The molecular formula is C14H11BrF2N2O. The van der Waals surface area contributed by atoms with Crippen LogP contribution in [0.5, 0.6) is 0 Å². The molecule has 1 N–H and O–H groups in total. The minimum absolute atomic E-state index is 0.137. The van der Waals surface area contributed by atoms with E-state index in [1.165, 1.54) is 6.07 Å². The van der Waals surface area contributed by atoms with E-state index in [-0.39, 0.29) is 12.0 Å². The van der Waals surface area contributed by atoms with Crippen molar-refractivity contribution in [2.75, 3.05) is 5.32 Å². The van der Waals surface area contributed by atoms with E-state index in [1.54, 1.807) is 12.3 Å². The molecule has 1 aromatic carbocycles. The molecule has 104 valence electrons. The van der Waals surface area contributed by atoms with Crippen LogP contribution in [-0.2, 0) is 11.2 Å². The molecule has 3 nitrogen and oxygen atoms in total. The third-order valence-electron chi connectivity index (χ3n) is 2.68. The predicted octanol–water partition coefficient (Wildman–Crippen LogP) is 3.61. The highest BCUT2D eigenvalue weighted by molar-refractivity contribution is 9.10. The largest absolute Gasteiger partial charge is 0.310 e. The Morgan fingerprint density at radius 3 is 2.75 bits per heavy atom. The first-order valence-corrected chi connectivity index (χ1v) is 6.61. The van der Waals surface area contributed by atoms with Crippen LogP contribution < -0.4 is 5.32 Å². The number of halogens is 3. The number of nitrogens with one attached hydrogen (secondary N) is 1. The standard InChI is InChI=1S/C14H11BrF2N2O/c1-8-4-13(18-7-11(8)15)19-14(20)5-9-2-3-10(16)6-12(9)17/h2-4,6-7H,5H2,1H3,(H,18,19,20). The fourth-order valence-electron chi connectivity index (χ4n) is 1.63. The lowest BCUT2D eigenvalue weighted by Crippen LogP contribution is -2.16. The lowest BCUT2D eigenvalue weighted by molar-refractivity contribution is -0.115. The van der Waals surface area contributed by atoms with Gasteiger partial charge in [0.25, 0.3) is 0 Å². The first-order valence-electron chi connectivity index (χ1n) is 5.81. The topological polar surface area (TPSA) is 42.0 Å². The number of rotatable bonds is 3. The zero-order chi connectivity index (χ0) is 14.7. The maximum Gasteiger partial charge on any atom is 0.230 e. The van der Waals surface area contributed by atoms with Crippen LogP contribution in [0.1, 0.15) is 11.1 Å². The number of aromatic nitrogens is 1. The summed E-state index contributed by atoms with van der Waals surface area (Å²) < 4.78 is 27.0. The summed E-state index contributed by atoms with van der Waals surface area (Å²) in [5.41, 5.74) is 1.06. The van der Waals surface area contributed by atoms with E-state index in [2.05, 4.69) is 26.2 Å². The number of hydrogen-bond acceptors (Lipinski definition) is 2. The van der Waals surface area contributed by atoms with Gasteiger partial charge in [0.2, 0.25) is 5.91 Å². The Hall–Kier alpha value is -1.82. The average molecular weight is 341 g/mol. The molecule has 0 aliphatic carbocycles. The molecule has 2 rings (SSSR count). The predicted molar refractivity (Wildman–Crippen MR) is 75.4 cm³/mol. The Morgan fingerprint density at radius 1 is 1.35 bits per heavy atom. The van der Waals surface area contributed by atoms with Crippen molar-refractivity contribution < 1.29 is 13.6 Å². The second-order valence-corrected chi connectivity index (χ2v) is 5.13. The second-order valence-electron chi connectivity index (χ2n) is 4.28. The van der Waals surface area contributed by atoms with E-state index in [4.69, 9.17) is 0 Å². The fraction of sp³-hybridized carbons (Fsp3) is 0.143. The molecule has 0 radical (unpaired) electrons. The number of pyridine rings is 1. The number of nitrogens with zero attached hydrogens (tertiary/aromatic N) is 1. The minimum atomic E-state index is -0.736. The lowest BCUT2D eigenvalue weighted by atomic mass is 10.1. The monoisotopic (exact) mass is 340 g/mol. The smallest absolute Gasteiger partial charge is 0.230 e. The summed E-state index contributed by atoms with van der Waals surface area (Å²) in [6.07, 6.45) is 1.40. The van der Waals surface area contributed by atoms with Gasteiger partial charge in [0.15, 0.2) is 0 Å². The van der Waals surface area contributed by atoms with Gasteiger partial charge in [-0.1, -0.05) is 6.07 Å². The highest BCUT2D eigenvalue weighted by Gasteiger charge is 2.10. The number of carbonyl (C=O) groups excluding carboxylic acids is 1. The molecule has 20 heavy (non-hydrogen) atoms. The summed E-state index contributed by atoms with van der Waals surface area (Å²) in [5, 5.41) is 2.57. The van der Waals surface area contributed by atoms with Crippen molar-refractivity contribution in [1.82, 2.24) is 4.98 Å². The van der Waals surface area contributed by atoms with E-state index in [0.29, 0.717) is 5.82 Å². The van der Waals surface area contributed by atoms with Crippen molar-refractivity contribution in [1.29, 1.82) is 0 Å². The van der Waals surface area contributed by atoms with Gasteiger partial charge in [0.05, 0.1) is 6.42 Å². The van der Waals surface area contributed by atoms with Crippen LogP contribution in [0.3, 0.4) is 0 Å². The van der Waals surface area contributed by atoms with Crippen LogP contribution in [0.2, 0.25) is 0 Å². The van der Waals surface area contributed by atoms with Gasteiger partial charge in [0, 0.05) is 16.7 Å². The van der Waals surface area contributed by atoms with Crippen molar-refractivity contribution in [3.05, 3.63) is 57.7 Å². The molecule has 0 spiro atoms. The molecule has 0 fully saturated rings. The van der Waals surface area contributed by atoms with Crippen molar-refractivity contribution in [2.45, 2.75) is 13.3 Å². The highest BCUT2D eigenvalue weighted by Crippen LogP contribution is 2.17. The van der Waals surface area contributed by atoms with Gasteiger partial charge in [0.1, 0.15) is 17.5 Å². The SMILES string of the molecule is Cc1cc(NC(=O)Cc2ccc(F)cc2F)ncc1Br. The molecule has 0 saturated carbocycles. The second kappa shape index (κ2) is 6.09. The third kappa shape index (κ3) is 3.60. The van der Waals surface area contributed by atoms with E-state index < -0.39 is 17.5 Å². The van der Waals surface area contributed by atoms with Crippen molar-refractivity contribution in [2.24, 2.45) is 0 Å². The Kier molecular flexibility index (Phi) is 4.44. The van der Waals surface area contributed by atoms with Crippen LogP contribution in [0.15, 0.2) is 34.9 Å². The first-order chi connectivity index (χ1) is 9.45. The Morgan fingerprint density at radius 2 is 2.10 bits per heavy atom. The summed E-state index contributed by atoms with van der Waals surface area (Å²) in [7, 11) is 0. The molecule has 0 aliphatic rings. The van der Waals surface area contributed by atoms with Crippen LogP contribution in [-0.4, -0.2) is 10.9 Å². The lowest BCUT2D eigenvalue weighted by Gasteiger charge is -2.07.